The summed E-state index contributed by atoms with van der Waals surface area (Å²) in [4.78, 5) is 28.7. The van der Waals surface area contributed by atoms with Crippen LogP contribution in [0.4, 0.5) is 5.69 Å². The van der Waals surface area contributed by atoms with Crippen molar-refractivity contribution in [3.05, 3.63) is 79.5 Å². The number of carbonyl (C=O) groups excluding carboxylic acids is 1. The maximum Gasteiger partial charge on any atom is 0.227 e. The first-order valence-corrected chi connectivity index (χ1v) is 11.9. The summed E-state index contributed by atoms with van der Waals surface area (Å²) in [5.41, 5.74) is 8.23. The van der Waals surface area contributed by atoms with Gasteiger partial charge in [-0.1, -0.05) is 6.07 Å². The summed E-state index contributed by atoms with van der Waals surface area (Å²) in [5.74, 6) is 0.212. The van der Waals surface area contributed by atoms with Crippen molar-refractivity contribution in [2.24, 2.45) is 5.92 Å². The van der Waals surface area contributed by atoms with E-state index in [1.54, 1.807) is 24.8 Å². The average molecular weight is 472 g/mol. The maximum absolute atomic E-state index is 12.2. The number of aromatic amines is 2. The van der Waals surface area contributed by atoms with Crippen LogP contribution in [0, 0.1) is 5.92 Å². The van der Waals surface area contributed by atoms with Gasteiger partial charge in [-0.3, -0.25) is 19.9 Å². The van der Waals surface area contributed by atoms with Gasteiger partial charge in [-0.15, -0.1) is 0 Å². The monoisotopic (exact) mass is 471 g/mol. The Hall–Kier alpha value is -4.85. The number of hydrogen-bond donors (Lipinski definition) is 3. The standard InChI is InChI=1S/C28H21N7O/c36-28(17-1-2-17)32-20-11-19(14-30-15-20)18-3-4-24-23(12-18)26(35-34-24)25-13-22-21(7-10-31-27(22)33-25)16-5-8-29-9-6-16/h3-15,17H,1-2H2,(H,31,33)(H,32,36)(H,34,35). The lowest BCUT2D eigenvalue weighted by molar-refractivity contribution is -0.117. The molecule has 0 bridgehead atoms. The summed E-state index contributed by atoms with van der Waals surface area (Å²) in [5, 5.41) is 12.7. The molecule has 174 valence electrons. The number of nitrogens with one attached hydrogen (secondary N) is 3. The van der Waals surface area contributed by atoms with Gasteiger partial charge in [0.05, 0.1) is 23.1 Å². The first-order chi connectivity index (χ1) is 17.7. The highest BCUT2D eigenvalue weighted by molar-refractivity contribution is 6.01. The van der Waals surface area contributed by atoms with Gasteiger partial charge in [0, 0.05) is 47.0 Å². The smallest absolute Gasteiger partial charge is 0.227 e. The minimum Gasteiger partial charge on any atom is -0.338 e. The van der Waals surface area contributed by atoms with Crippen LogP contribution in [0.1, 0.15) is 12.8 Å². The molecule has 7 rings (SSSR count). The summed E-state index contributed by atoms with van der Waals surface area (Å²) in [6, 6.07) is 16.2. The molecule has 5 heterocycles. The molecule has 1 aliphatic rings. The van der Waals surface area contributed by atoms with Crippen LogP contribution in [-0.4, -0.2) is 36.0 Å². The Morgan fingerprint density at radius 1 is 0.861 bits per heavy atom. The second-order valence-corrected chi connectivity index (χ2v) is 9.10. The zero-order valence-corrected chi connectivity index (χ0v) is 19.2. The Balaban J connectivity index is 1.28. The molecule has 0 radical (unpaired) electrons. The number of H-pyrrole nitrogens is 2. The topological polar surface area (TPSA) is 112 Å². The van der Waals surface area contributed by atoms with E-state index in [4.69, 9.17) is 0 Å². The summed E-state index contributed by atoms with van der Waals surface area (Å²) in [6.45, 7) is 0. The van der Waals surface area contributed by atoms with Crippen molar-refractivity contribution in [3.8, 4) is 33.6 Å². The van der Waals surface area contributed by atoms with E-state index < -0.39 is 0 Å². The van der Waals surface area contributed by atoms with Crippen molar-refractivity contribution < 1.29 is 4.79 Å². The average Bonchev–Trinajstić information content (AvgIpc) is 3.55. The first kappa shape index (κ1) is 20.5. The van der Waals surface area contributed by atoms with E-state index in [-0.39, 0.29) is 11.8 Å². The number of amides is 1. The molecule has 0 unspecified atom stereocenters. The number of carbonyl (C=O) groups is 1. The lowest BCUT2D eigenvalue weighted by atomic mass is 10.0. The minimum absolute atomic E-state index is 0.0695. The zero-order chi connectivity index (χ0) is 24.1. The third-order valence-corrected chi connectivity index (χ3v) is 6.63. The highest BCUT2D eigenvalue weighted by atomic mass is 16.2. The van der Waals surface area contributed by atoms with Gasteiger partial charge < -0.3 is 10.3 Å². The Kier molecular flexibility index (Phi) is 4.63. The molecule has 0 atom stereocenters. The number of rotatable bonds is 5. The zero-order valence-electron chi connectivity index (χ0n) is 19.2. The molecule has 1 saturated carbocycles. The van der Waals surface area contributed by atoms with Crippen molar-refractivity contribution in [1.29, 1.82) is 0 Å². The Morgan fingerprint density at radius 2 is 1.75 bits per heavy atom. The van der Waals surface area contributed by atoms with E-state index in [1.165, 1.54) is 0 Å². The van der Waals surface area contributed by atoms with Crippen LogP contribution >= 0.6 is 0 Å². The number of nitrogens with zero attached hydrogens (tertiary/aromatic N) is 4. The highest BCUT2D eigenvalue weighted by Crippen LogP contribution is 2.35. The van der Waals surface area contributed by atoms with Crippen molar-refractivity contribution in [1.82, 2.24) is 30.1 Å². The van der Waals surface area contributed by atoms with Crippen LogP contribution in [0.25, 0.3) is 55.6 Å². The van der Waals surface area contributed by atoms with Gasteiger partial charge in [0.25, 0.3) is 0 Å². The molecule has 1 aliphatic carbocycles. The molecule has 0 spiro atoms. The number of hydrogen-bond acceptors (Lipinski definition) is 5. The van der Waals surface area contributed by atoms with Crippen LogP contribution in [0.2, 0.25) is 0 Å². The van der Waals surface area contributed by atoms with E-state index in [0.29, 0.717) is 5.69 Å². The fraction of sp³-hybridized carbons (Fsp3) is 0.107. The van der Waals surface area contributed by atoms with E-state index in [9.17, 15) is 4.79 Å². The van der Waals surface area contributed by atoms with Gasteiger partial charge in [-0.2, -0.15) is 5.10 Å². The Bertz CT molecular complexity index is 1750. The predicted molar refractivity (Wildman–Crippen MR) is 139 cm³/mol. The number of pyridine rings is 3. The highest BCUT2D eigenvalue weighted by Gasteiger charge is 2.29. The summed E-state index contributed by atoms with van der Waals surface area (Å²) in [7, 11) is 0. The van der Waals surface area contributed by atoms with E-state index in [1.807, 2.05) is 42.6 Å². The van der Waals surface area contributed by atoms with Crippen molar-refractivity contribution >= 4 is 33.5 Å². The van der Waals surface area contributed by atoms with Crippen LogP contribution in [-0.2, 0) is 4.79 Å². The number of benzene rings is 1. The lowest BCUT2D eigenvalue weighted by Crippen LogP contribution is -2.13. The van der Waals surface area contributed by atoms with Gasteiger partial charge in [0.15, 0.2) is 0 Å². The van der Waals surface area contributed by atoms with Gasteiger partial charge in [0.2, 0.25) is 5.91 Å². The third-order valence-electron chi connectivity index (χ3n) is 6.63. The van der Waals surface area contributed by atoms with Crippen molar-refractivity contribution in [2.45, 2.75) is 12.8 Å². The molecule has 1 aromatic carbocycles. The number of anilines is 1. The van der Waals surface area contributed by atoms with Crippen LogP contribution < -0.4 is 5.32 Å². The Morgan fingerprint density at radius 3 is 2.61 bits per heavy atom. The molecule has 3 N–H and O–H groups in total. The van der Waals surface area contributed by atoms with Gasteiger partial charge in [0.1, 0.15) is 11.3 Å². The fourth-order valence-electron chi connectivity index (χ4n) is 4.59. The molecule has 36 heavy (non-hydrogen) atoms. The molecule has 8 heteroatoms. The van der Waals surface area contributed by atoms with Crippen molar-refractivity contribution in [2.75, 3.05) is 5.32 Å². The number of aromatic nitrogens is 6. The predicted octanol–water partition coefficient (Wildman–Crippen LogP) is 5.58. The fourth-order valence-corrected chi connectivity index (χ4v) is 4.59. The first-order valence-electron chi connectivity index (χ1n) is 11.9. The molecule has 8 nitrogen and oxygen atoms in total. The molecule has 0 saturated heterocycles. The van der Waals surface area contributed by atoms with Crippen LogP contribution in [0.15, 0.2) is 79.5 Å². The summed E-state index contributed by atoms with van der Waals surface area (Å²) in [6.07, 6.45) is 10.8. The summed E-state index contributed by atoms with van der Waals surface area (Å²) >= 11 is 0. The molecule has 1 amide bonds. The SMILES string of the molecule is O=C(Nc1cncc(-c2ccc3[nH]nc(-c4cc5c(-c6ccncc6)ccnc5[nH]4)c3c2)c1)C1CC1. The molecular formula is C28H21N7O. The molecular weight excluding hydrogens is 450 g/mol. The molecule has 5 aromatic heterocycles. The molecule has 0 aliphatic heterocycles. The van der Waals surface area contributed by atoms with E-state index >= 15 is 0 Å². The lowest BCUT2D eigenvalue weighted by Gasteiger charge is -2.07. The second kappa shape index (κ2) is 8.13. The minimum atomic E-state index is 0.0695. The third kappa shape index (κ3) is 3.60. The van der Waals surface area contributed by atoms with Gasteiger partial charge in [-0.25, -0.2) is 4.98 Å². The van der Waals surface area contributed by atoms with Crippen molar-refractivity contribution in [3.63, 3.8) is 0 Å². The van der Waals surface area contributed by atoms with Gasteiger partial charge >= 0.3 is 0 Å². The van der Waals surface area contributed by atoms with Gasteiger partial charge in [-0.05, 0) is 72.0 Å². The normalized spacial score (nSPS) is 13.3. The largest absolute Gasteiger partial charge is 0.338 e. The maximum atomic E-state index is 12.2. The Labute approximate surface area is 205 Å². The molecule has 1 fully saturated rings. The quantitative estimate of drug-likeness (QED) is 0.304. The van der Waals surface area contributed by atoms with E-state index in [2.05, 4.69) is 47.6 Å². The van der Waals surface area contributed by atoms with Crippen LogP contribution in [0.3, 0.4) is 0 Å². The number of fused-ring (bicyclic) bond motifs is 2. The summed E-state index contributed by atoms with van der Waals surface area (Å²) < 4.78 is 0. The van der Waals surface area contributed by atoms with Crippen LogP contribution in [0.5, 0.6) is 0 Å². The van der Waals surface area contributed by atoms with E-state index in [0.717, 1.165) is 68.4 Å². The second-order valence-electron chi connectivity index (χ2n) is 9.10. The molecule has 6 aromatic rings.